The second-order valence-electron chi connectivity index (χ2n) is 7.68. The largest absolute Gasteiger partial charge is 0.416 e. The third kappa shape index (κ3) is 5.10. The highest BCUT2D eigenvalue weighted by molar-refractivity contribution is 7.89. The molecule has 4 rings (SSSR count). The van der Waals surface area contributed by atoms with E-state index >= 15 is 0 Å². The van der Waals surface area contributed by atoms with Gasteiger partial charge in [0.1, 0.15) is 6.04 Å². The lowest BCUT2D eigenvalue weighted by Crippen LogP contribution is -2.34. The average Bonchev–Trinajstić information content (AvgIpc) is 3.03. The van der Waals surface area contributed by atoms with E-state index in [0.29, 0.717) is 11.3 Å². The number of alkyl halides is 3. The van der Waals surface area contributed by atoms with Crippen LogP contribution in [0.3, 0.4) is 0 Å². The van der Waals surface area contributed by atoms with Crippen molar-refractivity contribution in [2.45, 2.75) is 17.1 Å². The van der Waals surface area contributed by atoms with Gasteiger partial charge < -0.3 is 5.32 Å². The van der Waals surface area contributed by atoms with Crippen molar-refractivity contribution in [2.75, 3.05) is 10.2 Å². The number of anilines is 2. The van der Waals surface area contributed by atoms with Crippen molar-refractivity contribution >= 4 is 39.3 Å². The fourth-order valence-electron chi connectivity index (χ4n) is 3.58. The summed E-state index contributed by atoms with van der Waals surface area (Å²) in [5.41, 5.74) is 0.105. The van der Waals surface area contributed by atoms with E-state index in [2.05, 4.69) is 5.32 Å². The van der Waals surface area contributed by atoms with Crippen molar-refractivity contribution < 1.29 is 31.2 Å². The molecule has 7 nitrogen and oxygen atoms in total. The van der Waals surface area contributed by atoms with Crippen LogP contribution in [-0.4, -0.2) is 26.3 Å². The molecule has 1 aliphatic heterocycles. The Kier molecular flexibility index (Phi) is 6.22. The highest BCUT2D eigenvalue weighted by Gasteiger charge is 2.44. The molecule has 2 amide bonds. The number of hydrogen-bond donors (Lipinski definition) is 2. The Morgan fingerprint density at radius 2 is 1.49 bits per heavy atom. The molecule has 0 spiro atoms. The number of nitrogens with zero attached hydrogens (tertiary/aromatic N) is 1. The van der Waals surface area contributed by atoms with Gasteiger partial charge in [0.2, 0.25) is 10.0 Å². The first-order valence-electron chi connectivity index (χ1n) is 10.2. The number of carbonyl (C=O) groups is 2. The predicted octanol–water partition coefficient (Wildman–Crippen LogP) is 3.79. The summed E-state index contributed by atoms with van der Waals surface area (Å²) in [5.74, 6) is -1.40. The summed E-state index contributed by atoms with van der Waals surface area (Å²) in [4.78, 5) is 27.2. The van der Waals surface area contributed by atoms with Gasteiger partial charge in [-0.25, -0.2) is 18.5 Å². The number of primary sulfonamides is 1. The van der Waals surface area contributed by atoms with Crippen molar-refractivity contribution in [3.05, 3.63) is 95.6 Å². The monoisotopic (exact) mass is 501 g/mol. The Labute approximate surface area is 198 Å². The van der Waals surface area contributed by atoms with Crippen molar-refractivity contribution in [2.24, 2.45) is 5.14 Å². The Bertz CT molecular complexity index is 1400. The van der Waals surface area contributed by atoms with Crippen LogP contribution in [0.2, 0.25) is 0 Å². The molecule has 35 heavy (non-hydrogen) atoms. The van der Waals surface area contributed by atoms with E-state index in [0.717, 1.165) is 29.2 Å². The first-order valence-corrected chi connectivity index (χ1v) is 11.7. The minimum atomic E-state index is -4.57. The van der Waals surface area contributed by atoms with Crippen LogP contribution >= 0.6 is 0 Å². The summed E-state index contributed by atoms with van der Waals surface area (Å²) in [6.45, 7) is 0. The number of sulfonamides is 1. The lowest BCUT2D eigenvalue weighted by atomic mass is 10.1. The quantitative estimate of drug-likeness (QED) is 0.408. The number of rotatable bonds is 5. The van der Waals surface area contributed by atoms with Gasteiger partial charge in [0.15, 0.2) is 0 Å². The van der Waals surface area contributed by atoms with Crippen LogP contribution in [-0.2, 0) is 25.8 Å². The van der Waals surface area contributed by atoms with Gasteiger partial charge in [-0.15, -0.1) is 0 Å². The van der Waals surface area contributed by atoms with Crippen molar-refractivity contribution in [3.63, 3.8) is 0 Å². The summed E-state index contributed by atoms with van der Waals surface area (Å²) in [5, 5.41) is 8.02. The Morgan fingerprint density at radius 3 is 2.03 bits per heavy atom. The van der Waals surface area contributed by atoms with Crippen LogP contribution < -0.4 is 15.4 Å². The maximum absolute atomic E-state index is 13.3. The fraction of sp³-hybridized carbons (Fsp3) is 0.0833. The molecular weight excluding hydrogens is 483 g/mol. The number of nitrogens with two attached hydrogens (primary N) is 1. The molecule has 1 heterocycles. The normalized spacial score (nSPS) is 17.8. The number of carbonyl (C=O) groups excluding carboxylic acids is 2. The molecule has 3 aromatic carbocycles. The van der Waals surface area contributed by atoms with Crippen LogP contribution in [0.25, 0.3) is 6.08 Å². The molecule has 1 saturated heterocycles. The van der Waals surface area contributed by atoms with Gasteiger partial charge in [0, 0.05) is 5.69 Å². The van der Waals surface area contributed by atoms with Crippen molar-refractivity contribution in [1.82, 2.24) is 0 Å². The summed E-state index contributed by atoms with van der Waals surface area (Å²) in [7, 11) is -3.93. The second-order valence-corrected chi connectivity index (χ2v) is 9.24. The van der Waals surface area contributed by atoms with Gasteiger partial charge in [0.05, 0.1) is 21.7 Å². The zero-order valence-electron chi connectivity index (χ0n) is 17.9. The standard InChI is InChI=1S/C24H18F3N3O4S/c25-24(26,27)16-6-10-18(11-7-16)30-22(31)20(14-15-4-2-1-3-5-15)21(23(30)32)29-17-8-12-19(13-9-17)35(28,33)34/h1-14,21,29H,(H2,28,33,34)/b20-14+. The van der Waals surface area contributed by atoms with E-state index in [-0.39, 0.29) is 16.2 Å². The number of amides is 2. The molecule has 1 atom stereocenters. The smallest absolute Gasteiger partial charge is 0.370 e. The van der Waals surface area contributed by atoms with Crippen LogP contribution in [0.4, 0.5) is 24.5 Å². The lowest BCUT2D eigenvalue weighted by Gasteiger charge is -2.16. The Morgan fingerprint density at radius 1 is 0.886 bits per heavy atom. The summed E-state index contributed by atoms with van der Waals surface area (Å²) < 4.78 is 61.8. The van der Waals surface area contributed by atoms with E-state index in [9.17, 15) is 31.2 Å². The SMILES string of the molecule is NS(=O)(=O)c1ccc(NC2C(=O)N(c3ccc(C(F)(F)F)cc3)C(=O)/C2=C/c2ccccc2)cc1. The molecule has 3 N–H and O–H groups in total. The van der Waals surface area contributed by atoms with Gasteiger partial charge >= 0.3 is 6.18 Å². The van der Waals surface area contributed by atoms with Gasteiger partial charge in [0.25, 0.3) is 11.8 Å². The maximum atomic E-state index is 13.3. The zero-order chi connectivity index (χ0) is 25.4. The highest BCUT2D eigenvalue weighted by atomic mass is 32.2. The summed E-state index contributed by atoms with van der Waals surface area (Å²) in [6, 6.07) is 16.5. The summed E-state index contributed by atoms with van der Waals surface area (Å²) >= 11 is 0. The Balaban J connectivity index is 1.72. The van der Waals surface area contributed by atoms with E-state index in [1.807, 2.05) is 0 Å². The minimum absolute atomic E-state index is 0.0131. The van der Waals surface area contributed by atoms with Gasteiger partial charge in [-0.2, -0.15) is 13.2 Å². The van der Waals surface area contributed by atoms with Crippen LogP contribution in [0.1, 0.15) is 11.1 Å². The number of benzene rings is 3. The average molecular weight is 501 g/mol. The maximum Gasteiger partial charge on any atom is 0.416 e. The second kappa shape index (κ2) is 9.01. The molecule has 1 aliphatic rings. The van der Waals surface area contributed by atoms with E-state index in [1.54, 1.807) is 30.3 Å². The van der Waals surface area contributed by atoms with Crippen LogP contribution in [0.15, 0.2) is 89.3 Å². The molecule has 180 valence electrons. The zero-order valence-corrected chi connectivity index (χ0v) is 18.7. The Hall–Kier alpha value is -3.96. The number of imide groups is 1. The lowest BCUT2D eigenvalue weighted by molar-refractivity contribution is -0.137. The third-order valence-corrected chi connectivity index (χ3v) is 6.23. The molecule has 11 heteroatoms. The number of nitrogens with one attached hydrogen (secondary N) is 1. The van der Waals surface area contributed by atoms with Crippen molar-refractivity contribution in [1.29, 1.82) is 0 Å². The third-order valence-electron chi connectivity index (χ3n) is 5.30. The number of halogens is 3. The minimum Gasteiger partial charge on any atom is -0.370 e. The van der Waals surface area contributed by atoms with Crippen molar-refractivity contribution in [3.8, 4) is 0 Å². The van der Waals surface area contributed by atoms with Crippen LogP contribution in [0, 0.1) is 0 Å². The molecule has 0 saturated carbocycles. The molecule has 3 aromatic rings. The fourth-order valence-corrected chi connectivity index (χ4v) is 4.10. The number of hydrogen-bond acceptors (Lipinski definition) is 5. The highest BCUT2D eigenvalue weighted by Crippen LogP contribution is 2.34. The molecule has 0 bridgehead atoms. The molecule has 0 aliphatic carbocycles. The first kappa shape index (κ1) is 24.2. The molecule has 0 radical (unpaired) electrons. The van der Waals surface area contributed by atoms with Crippen LogP contribution in [0.5, 0.6) is 0 Å². The topological polar surface area (TPSA) is 110 Å². The van der Waals surface area contributed by atoms with E-state index in [1.165, 1.54) is 30.3 Å². The van der Waals surface area contributed by atoms with Gasteiger partial charge in [-0.05, 0) is 60.2 Å². The molecule has 0 aromatic heterocycles. The molecular formula is C24H18F3N3O4S. The first-order chi connectivity index (χ1) is 16.4. The molecule has 1 fully saturated rings. The van der Waals surface area contributed by atoms with E-state index < -0.39 is 39.6 Å². The predicted molar refractivity (Wildman–Crippen MR) is 124 cm³/mol. The van der Waals surface area contributed by atoms with Gasteiger partial charge in [-0.1, -0.05) is 30.3 Å². The summed E-state index contributed by atoms with van der Waals surface area (Å²) in [6.07, 6.45) is -3.05. The molecule has 1 unspecified atom stereocenters. The van der Waals surface area contributed by atoms with E-state index in [4.69, 9.17) is 5.14 Å². The van der Waals surface area contributed by atoms with Gasteiger partial charge in [-0.3, -0.25) is 9.59 Å².